The number of carbonyl (C=O) groups excluding carboxylic acids is 1. The number of carbonyl (C=O) groups is 1. The number of alkyl halides is 3. The molecule has 0 saturated carbocycles. The zero-order valence-electron chi connectivity index (χ0n) is 22.1. The molecule has 4 rings (SSSR count). The summed E-state index contributed by atoms with van der Waals surface area (Å²) < 4.78 is 65.7. The van der Waals surface area contributed by atoms with Crippen molar-refractivity contribution in [3.63, 3.8) is 0 Å². The highest BCUT2D eigenvalue weighted by Gasteiger charge is 2.42. The van der Waals surface area contributed by atoms with Gasteiger partial charge in [-0.15, -0.1) is 0 Å². The normalized spacial score (nSPS) is 14.3. The summed E-state index contributed by atoms with van der Waals surface area (Å²) in [6.45, 7) is 5.63. The molecule has 0 aliphatic carbocycles. The molecule has 0 spiro atoms. The lowest BCUT2D eigenvalue weighted by atomic mass is 9.84. The molecule has 0 amide bonds. The predicted molar refractivity (Wildman–Crippen MR) is 138 cm³/mol. The van der Waals surface area contributed by atoms with Crippen molar-refractivity contribution >= 4 is 5.97 Å². The van der Waals surface area contributed by atoms with Crippen LogP contribution in [0.15, 0.2) is 54.6 Å². The lowest BCUT2D eigenvalue weighted by Gasteiger charge is -2.31. The minimum atomic E-state index is -4.76. The fourth-order valence-corrected chi connectivity index (χ4v) is 4.66. The fraction of sp³-hybridized carbons (Fsp3) is 0.367. The summed E-state index contributed by atoms with van der Waals surface area (Å²) in [5, 5.41) is 0. The number of methoxy groups -OCH3 is 2. The van der Waals surface area contributed by atoms with E-state index in [4.69, 9.17) is 18.9 Å². The molecule has 5 nitrogen and oxygen atoms in total. The highest BCUT2D eigenvalue weighted by molar-refractivity contribution is 5.91. The van der Waals surface area contributed by atoms with Gasteiger partial charge in [-0.1, -0.05) is 24.3 Å². The van der Waals surface area contributed by atoms with Crippen molar-refractivity contribution in [3.8, 4) is 33.8 Å². The van der Waals surface area contributed by atoms with Gasteiger partial charge in [0.1, 0.15) is 11.5 Å². The maximum absolute atomic E-state index is 14.6. The summed E-state index contributed by atoms with van der Waals surface area (Å²) in [4.78, 5) is 13.1. The number of benzene rings is 3. The van der Waals surface area contributed by atoms with Crippen molar-refractivity contribution in [2.75, 3.05) is 20.8 Å². The molecular weight excluding hydrogens is 497 g/mol. The molecule has 8 heteroatoms. The Kier molecular flexibility index (Phi) is 7.74. The van der Waals surface area contributed by atoms with E-state index < -0.39 is 29.4 Å². The van der Waals surface area contributed by atoms with Gasteiger partial charge in [0.05, 0.1) is 32.0 Å². The molecule has 3 aromatic carbocycles. The first-order valence-corrected chi connectivity index (χ1v) is 12.3. The number of ether oxygens (including phenoxy) is 4. The lowest BCUT2D eigenvalue weighted by molar-refractivity contribution is -0.166. The second-order valence-corrected chi connectivity index (χ2v) is 10.1. The molecule has 0 radical (unpaired) electrons. The minimum Gasteiger partial charge on any atom is -0.497 e. The van der Waals surface area contributed by atoms with Crippen molar-refractivity contribution in [2.24, 2.45) is 0 Å². The van der Waals surface area contributed by atoms with Gasteiger partial charge in [0.15, 0.2) is 6.10 Å². The Morgan fingerprint density at radius 2 is 1.63 bits per heavy atom. The molecule has 0 fully saturated rings. The molecule has 0 aromatic heterocycles. The van der Waals surface area contributed by atoms with Crippen molar-refractivity contribution in [1.82, 2.24) is 0 Å². The van der Waals surface area contributed by atoms with Crippen LogP contribution in [0.3, 0.4) is 0 Å². The largest absolute Gasteiger partial charge is 0.497 e. The van der Waals surface area contributed by atoms with Gasteiger partial charge in [0.2, 0.25) is 0 Å². The van der Waals surface area contributed by atoms with E-state index in [9.17, 15) is 18.0 Å². The average Bonchev–Trinajstić information content (AvgIpc) is 2.89. The number of hydrogen-bond donors (Lipinski definition) is 0. The van der Waals surface area contributed by atoms with E-state index in [1.165, 1.54) is 13.2 Å². The third-order valence-electron chi connectivity index (χ3n) is 6.30. The zero-order valence-corrected chi connectivity index (χ0v) is 22.1. The second kappa shape index (κ2) is 10.7. The van der Waals surface area contributed by atoms with E-state index in [1.54, 1.807) is 57.2 Å². The number of halogens is 3. The van der Waals surface area contributed by atoms with Crippen molar-refractivity contribution in [2.45, 2.75) is 51.5 Å². The monoisotopic (exact) mass is 528 g/mol. The van der Waals surface area contributed by atoms with Crippen LogP contribution >= 0.6 is 0 Å². The molecule has 0 N–H and O–H groups in total. The molecule has 0 saturated heterocycles. The Morgan fingerprint density at radius 1 is 0.947 bits per heavy atom. The highest BCUT2D eigenvalue weighted by Crippen LogP contribution is 2.47. The quantitative estimate of drug-likeness (QED) is 0.312. The van der Waals surface area contributed by atoms with Crippen LogP contribution in [0.2, 0.25) is 0 Å². The van der Waals surface area contributed by atoms with Crippen LogP contribution in [0.4, 0.5) is 13.2 Å². The molecule has 1 aliphatic rings. The zero-order chi connectivity index (χ0) is 27.7. The van der Waals surface area contributed by atoms with E-state index in [0.29, 0.717) is 34.8 Å². The first-order valence-electron chi connectivity index (χ1n) is 12.3. The molecular formula is C30H31F3O5. The molecule has 1 atom stereocenters. The van der Waals surface area contributed by atoms with Crippen molar-refractivity contribution in [1.29, 1.82) is 0 Å². The smallest absolute Gasteiger partial charge is 0.416 e. The first-order chi connectivity index (χ1) is 17.9. The summed E-state index contributed by atoms with van der Waals surface area (Å²) in [7, 11) is 2.68. The molecule has 1 unspecified atom stereocenters. The average molecular weight is 529 g/mol. The van der Waals surface area contributed by atoms with Gasteiger partial charge in [-0.25, -0.2) is 4.79 Å². The van der Waals surface area contributed by atoms with E-state index in [0.717, 1.165) is 31.6 Å². The molecule has 38 heavy (non-hydrogen) atoms. The van der Waals surface area contributed by atoms with Gasteiger partial charge in [-0.05, 0) is 91.8 Å². The summed E-state index contributed by atoms with van der Waals surface area (Å²) >= 11 is 0. The maximum atomic E-state index is 14.6. The highest BCUT2D eigenvalue weighted by atomic mass is 19.4. The Balaban J connectivity index is 2.10. The van der Waals surface area contributed by atoms with Gasteiger partial charge in [-0.2, -0.15) is 13.2 Å². The Hall–Kier alpha value is -3.52. The Bertz CT molecular complexity index is 1310. The number of rotatable bonds is 6. The Morgan fingerprint density at radius 3 is 2.24 bits per heavy atom. The van der Waals surface area contributed by atoms with Gasteiger partial charge in [0.25, 0.3) is 0 Å². The summed E-state index contributed by atoms with van der Waals surface area (Å²) in [5.74, 6) is 0.395. The SMILES string of the molecule is COC(=O)C(OC(C)(C)C)c1c(C(F)(F)F)ccc(-c2ccc(OC)cc2)c1-c1ccc2c(c1)CCCO2. The van der Waals surface area contributed by atoms with E-state index in [2.05, 4.69) is 0 Å². The van der Waals surface area contributed by atoms with Crippen LogP contribution in [0.1, 0.15) is 50.0 Å². The van der Waals surface area contributed by atoms with Crippen molar-refractivity contribution < 1.29 is 36.9 Å². The van der Waals surface area contributed by atoms with Crippen LogP contribution in [0, 0.1) is 0 Å². The molecule has 1 aliphatic heterocycles. The Labute approximate surface area is 220 Å². The predicted octanol–water partition coefficient (Wildman–Crippen LogP) is 7.40. The number of aryl methyl sites for hydroxylation is 1. The fourth-order valence-electron chi connectivity index (χ4n) is 4.66. The van der Waals surface area contributed by atoms with E-state index in [1.807, 2.05) is 6.07 Å². The van der Waals surface area contributed by atoms with Crippen LogP contribution in [0.5, 0.6) is 11.5 Å². The standard InChI is InChI=1S/C30H31F3O5/c1-29(2,3)38-27(28(34)36-5)26-23(30(31,32)33)14-13-22(18-8-11-21(35-4)12-9-18)25(26)20-10-15-24-19(17-20)7-6-16-37-24/h8-15,17,27H,6-7,16H2,1-5H3. The third kappa shape index (κ3) is 5.80. The first kappa shape index (κ1) is 27.5. The van der Waals surface area contributed by atoms with Gasteiger partial charge < -0.3 is 18.9 Å². The van der Waals surface area contributed by atoms with Gasteiger partial charge >= 0.3 is 12.1 Å². The number of fused-ring (bicyclic) bond motifs is 1. The van der Waals surface area contributed by atoms with Crippen LogP contribution in [0.25, 0.3) is 22.3 Å². The van der Waals surface area contributed by atoms with E-state index >= 15 is 0 Å². The van der Waals surface area contributed by atoms with Crippen molar-refractivity contribution in [3.05, 3.63) is 71.3 Å². The summed E-state index contributed by atoms with van der Waals surface area (Å²) in [5.41, 5.74) is 0.638. The maximum Gasteiger partial charge on any atom is 0.416 e. The number of hydrogen-bond acceptors (Lipinski definition) is 5. The third-order valence-corrected chi connectivity index (χ3v) is 6.30. The number of esters is 1. The molecule has 1 heterocycles. The summed E-state index contributed by atoms with van der Waals surface area (Å²) in [6.07, 6.45) is -4.85. The second-order valence-electron chi connectivity index (χ2n) is 10.1. The van der Waals surface area contributed by atoms with Crippen LogP contribution in [-0.2, 0) is 26.9 Å². The van der Waals surface area contributed by atoms with Crippen LogP contribution < -0.4 is 9.47 Å². The molecule has 0 bridgehead atoms. The van der Waals surface area contributed by atoms with E-state index in [-0.39, 0.29) is 11.1 Å². The topological polar surface area (TPSA) is 54.0 Å². The molecule has 3 aromatic rings. The summed E-state index contributed by atoms with van der Waals surface area (Å²) in [6, 6.07) is 14.8. The van der Waals surface area contributed by atoms with Gasteiger partial charge in [-0.3, -0.25) is 0 Å². The van der Waals surface area contributed by atoms with Crippen LogP contribution in [-0.4, -0.2) is 32.4 Å². The minimum absolute atomic E-state index is 0.248. The molecule has 202 valence electrons. The van der Waals surface area contributed by atoms with Gasteiger partial charge in [0, 0.05) is 5.56 Å². The lowest BCUT2D eigenvalue weighted by Crippen LogP contribution is -2.30.